The molecular formula is C14H18N4O3. The zero-order valence-electron chi connectivity index (χ0n) is 12.0. The summed E-state index contributed by atoms with van der Waals surface area (Å²) >= 11 is 0. The van der Waals surface area contributed by atoms with Crippen molar-refractivity contribution in [3.63, 3.8) is 0 Å². The molecule has 7 nitrogen and oxygen atoms in total. The van der Waals surface area contributed by atoms with E-state index in [-0.39, 0.29) is 23.6 Å². The van der Waals surface area contributed by atoms with Crippen LogP contribution in [-0.4, -0.2) is 25.8 Å². The quantitative estimate of drug-likeness (QED) is 0.786. The number of nitrogens with zero attached hydrogens (tertiary/aromatic N) is 3. The van der Waals surface area contributed by atoms with Gasteiger partial charge >= 0.3 is 5.97 Å². The standard InChI is InChI=1S/C14H18N4O3/c1-9(2)6-18-12(16-8-17-18)7-21-11-5-3-4-10(15)13(11)14(19)20/h3-5,8-9H,6-7,15H2,1-2H3,(H,19,20). The van der Waals surface area contributed by atoms with Crippen LogP contribution in [0.5, 0.6) is 5.75 Å². The summed E-state index contributed by atoms with van der Waals surface area (Å²) in [4.78, 5) is 15.4. The number of carboxylic acid groups (broad SMARTS) is 1. The van der Waals surface area contributed by atoms with Crippen LogP contribution in [0.4, 0.5) is 5.69 Å². The average Bonchev–Trinajstić information content (AvgIpc) is 2.82. The highest BCUT2D eigenvalue weighted by atomic mass is 16.5. The molecule has 2 aromatic rings. The molecule has 0 unspecified atom stereocenters. The maximum Gasteiger partial charge on any atom is 0.341 e. The van der Waals surface area contributed by atoms with Gasteiger partial charge in [-0.2, -0.15) is 5.10 Å². The smallest absolute Gasteiger partial charge is 0.341 e. The number of aromatic nitrogens is 3. The SMILES string of the molecule is CC(C)Cn1ncnc1COc1cccc(N)c1C(=O)O. The minimum Gasteiger partial charge on any atom is -0.485 e. The lowest BCUT2D eigenvalue weighted by Crippen LogP contribution is -2.13. The first-order valence-corrected chi connectivity index (χ1v) is 6.60. The van der Waals surface area contributed by atoms with Crippen molar-refractivity contribution in [2.24, 2.45) is 5.92 Å². The van der Waals surface area contributed by atoms with E-state index in [4.69, 9.17) is 10.5 Å². The third kappa shape index (κ3) is 3.50. The third-order valence-corrected chi connectivity index (χ3v) is 2.86. The molecule has 0 saturated heterocycles. The number of hydrogen-bond acceptors (Lipinski definition) is 5. The van der Waals surface area contributed by atoms with Crippen molar-refractivity contribution in [1.29, 1.82) is 0 Å². The highest BCUT2D eigenvalue weighted by Gasteiger charge is 2.16. The topological polar surface area (TPSA) is 103 Å². The Balaban J connectivity index is 2.16. The summed E-state index contributed by atoms with van der Waals surface area (Å²) in [5, 5.41) is 13.3. The largest absolute Gasteiger partial charge is 0.485 e. The van der Waals surface area contributed by atoms with Gasteiger partial charge < -0.3 is 15.6 Å². The first kappa shape index (κ1) is 14.8. The summed E-state index contributed by atoms with van der Waals surface area (Å²) in [6.45, 7) is 5.01. The highest BCUT2D eigenvalue weighted by Crippen LogP contribution is 2.25. The summed E-state index contributed by atoms with van der Waals surface area (Å²) in [5.41, 5.74) is 5.81. The van der Waals surface area contributed by atoms with E-state index in [0.717, 1.165) is 6.54 Å². The number of carbonyl (C=O) groups is 1. The van der Waals surface area contributed by atoms with Gasteiger partial charge in [-0.05, 0) is 18.1 Å². The summed E-state index contributed by atoms with van der Waals surface area (Å²) in [6.07, 6.45) is 1.46. The highest BCUT2D eigenvalue weighted by molar-refractivity contribution is 5.96. The van der Waals surface area contributed by atoms with Gasteiger partial charge in [0.05, 0.1) is 0 Å². The molecule has 0 aliphatic heterocycles. The Morgan fingerprint density at radius 1 is 1.48 bits per heavy atom. The molecule has 7 heteroatoms. The van der Waals surface area contributed by atoms with Gasteiger partial charge in [0.25, 0.3) is 0 Å². The van der Waals surface area contributed by atoms with Crippen molar-refractivity contribution in [2.45, 2.75) is 27.0 Å². The van der Waals surface area contributed by atoms with Crippen molar-refractivity contribution < 1.29 is 14.6 Å². The molecule has 1 aromatic heterocycles. The molecule has 1 aromatic carbocycles. The van der Waals surface area contributed by atoms with Gasteiger partial charge in [-0.3, -0.25) is 0 Å². The van der Waals surface area contributed by atoms with Crippen LogP contribution in [0, 0.1) is 5.92 Å². The van der Waals surface area contributed by atoms with Gasteiger partial charge in [0, 0.05) is 12.2 Å². The normalized spacial score (nSPS) is 10.8. The van der Waals surface area contributed by atoms with E-state index in [2.05, 4.69) is 23.9 Å². The van der Waals surface area contributed by atoms with E-state index < -0.39 is 5.97 Å². The molecule has 112 valence electrons. The molecule has 0 bridgehead atoms. The van der Waals surface area contributed by atoms with Crippen LogP contribution < -0.4 is 10.5 Å². The van der Waals surface area contributed by atoms with Crippen molar-refractivity contribution in [3.05, 3.63) is 35.9 Å². The van der Waals surface area contributed by atoms with Gasteiger partial charge in [-0.1, -0.05) is 19.9 Å². The molecule has 0 radical (unpaired) electrons. The van der Waals surface area contributed by atoms with E-state index in [1.807, 2.05) is 0 Å². The number of ether oxygens (including phenoxy) is 1. The average molecular weight is 290 g/mol. The van der Waals surface area contributed by atoms with Crippen LogP contribution in [0.3, 0.4) is 0 Å². The maximum atomic E-state index is 11.2. The minimum absolute atomic E-state index is 0.0348. The first-order valence-electron chi connectivity index (χ1n) is 6.60. The molecule has 0 spiro atoms. The summed E-state index contributed by atoms with van der Waals surface area (Å²) in [7, 11) is 0. The molecule has 21 heavy (non-hydrogen) atoms. The van der Waals surface area contributed by atoms with Crippen LogP contribution in [0.2, 0.25) is 0 Å². The molecule has 0 atom stereocenters. The Hall–Kier alpha value is -2.57. The predicted octanol–water partition coefficient (Wildman–Crippen LogP) is 1.79. The number of anilines is 1. The van der Waals surface area contributed by atoms with Gasteiger partial charge in [0.15, 0.2) is 5.82 Å². The second kappa shape index (κ2) is 6.25. The number of carboxylic acids is 1. The van der Waals surface area contributed by atoms with E-state index in [0.29, 0.717) is 11.7 Å². The van der Waals surface area contributed by atoms with Crippen LogP contribution in [-0.2, 0) is 13.2 Å². The molecule has 1 heterocycles. The van der Waals surface area contributed by atoms with Crippen LogP contribution >= 0.6 is 0 Å². The Labute approximate surface area is 122 Å². The third-order valence-electron chi connectivity index (χ3n) is 2.86. The number of hydrogen-bond donors (Lipinski definition) is 2. The van der Waals surface area contributed by atoms with Gasteiger partial charge in [-0.15, -0.1) is 0 Å². The Bertz CT molecular complexity index is 637. The molecule has 0 amide bonds. The van der Waals surface area contributed by atoms with Crippen molar-refractivity contribution in [3.8, 4) is 5.75 Å². The minimum atomic E-state index is -1.12. The van der Waals surface area contributed by atoms with Crippen LogP contribution in [0.15, 0.2) is 24.5 Å². The van der Waals surface area contributed by atoms with Crippen LogP contribution in [0.25, 0.3) is 0 Å². The summed E-state index contributed by atoms with van der Waals surface area (Å²) in [5.74, 6) is 0.170. The first-order chi connectivity index (χ1) is 9.99. The number of aromatic carboxylic acids is 1. The molecule has 3 N–H and O–H groups in total. The Morgan fingerprint density at radius 3 is 2.90 bits per heavy atom. The summed E-state index contributed by atoms with van der Waals surface area (Å²) < 4.78 is 7.31. The molecule has 2 rings (SSSR count). The van der Waals surface area contributed by atoms with E-state index in [9.17, 15) is 9.90 Å². The number of benzene rings is 1. The van der Waals surface area contributed by atoms with E-state index >= 15 is 0 Å². The second-order valence-corrected chi connectivity index (χ2v) is 5.07. The van der Waals surface area contributed by atoms with E-state index in [1.165, 1.54) is 12.4 Å². The second-order valence-electron chi connectivity index (χ2n) is 5.07. The monoisotopic (exact) mass is 290 g/mol. The fourth-order valence-electron chi connectivity index (χ4n) is 1.94. The lowest BCUT2D eigenvalue weighted by Gasteiger charge is -2.12. The molecule has 0 aliphatic carbocycles. The van der Waals surface area contributed by atoms with Gasteiger partial charge in [0.2, 0.25) is 0 Å². The molecular weight excluding hydrogens is 272 g/mol. The van der Waals surface area contributed by atoms with Crippen molar-refractivity contribution >= 4 is 11.7 Å². The number of nitrogens with two attached hydrogens (primary N) is 1. The Kier molecular flexibility index (Phi) is 4.42. The Morgan fingerprint density at radius 2 is 2.24 bits per heavy atom. The zero-order valence-corrected chi connectivity index (χ0v) is 12.0. The number of nitrogen functional groups attached to an aromatic ring is 1. The van der Waals surface area contributed by atoms with Gasteiger partial charge in [0.1, 0.15) is 24.2 Å². The molecule has 0 saturated carbocycles. The fraction of sp³-hybridized carbons (Fsp3) is 0.357. The fourth-order valence-corrected chi connectivity index (χ4v) is 1.94. The van der Waals surface area contributed by atoms with Crippen LogP contribution in [0.1, 0.15) is 30.0 Å². The lowest BCUT2D eigenvalue weighted by atomic mass is 10.1. The maximum absolute atomic E-state index is 11.2. The molecule has 0 fully saturated rings. The van der Waals surface area contributed by atoms with Crippen molar-refractivity contribution in [1.82, 2.24) is 14.8 Å². The summed E-state index contributed by atoms with van der Waals surface area (Å²) in [6, 6.07) is 4.75. The molecule has 0 aliphatic rings. The van der Waals surface area contributed by atoms with Gasteiger partial charge in [-0.25, -0.2) is 14.5 Å². The lowest BCUT2D eigenvalue weighted by molar-refractivity contribution is 0.0693. The van der Waals surface area contributed by atoms with Crippen molar-refractivity contribution in [2.75, 3.05) is 5.73 Å². The predicted molar refractivity (Wildman–Crippen MR) is 77.0 cm³/mol. The zero-order chi connectivity index (χ0) is 15.4. The van der Waals surface area contributed by atoms with E-state index in [1.54, 1.807) is 16.8 Å². The number of rotatable bonds is 6.